The predicted octanol–water partition coefficient (Wildman–Crippen LogP) is 1.99. The Hall–Kier alpha value is -1.79. The third kappa shape index (κ3) is 1.80. The number of benzene rings is 1. The van der Waals surface area contributed by atoms with Crippen LogP contribution in [0.25, 0.3) is 10.9 Å². The number of terminal acetylenes is 1. The van der Waals surface area contributed by atoms with Gasteiger partial charge in [-0.1, -0.05) is 18.2 Å². The minimum atomic E-state index is -0.0813. The van der Waals surface area contributed by atoms with Crippen LogP contribution in [0.1, 0.15) is 24.6 Å². The lowest BCUT2D eigenvalue weighted by Crippen LogP contribution is -2.11. The SMILES string of the molecule is C#CCCC(N)c1nn(C)c2ccccc12. The molecule has 82 valence electrons. The van der Waals surface area contributed by atoms with E-state index in [4.69, 9.17) is 12.2 Å². The van der Waals surface area contributed by atoms with Crippen LogP contribution in [0, 0.1) is 12.3 Å². The molecule has 0 spiro atoms. The molecule has 2 N–H and O–H groups in total. The standard InChI is InChI=1S/C13H15N3/c1-3-4-8-11(14)13-10-7-5-6-9-12(10)16(2)15-13/h1,5-7,9,11H,4,8,14H2,2H3. The molecule has 2 aromatic rings. The molecule has 0 amide bonds. The van der Waals surface area contributed by atoms with Crippen LogP contribution >= 0.6 is 0 Å². The van der Waals surface area contributed by atoms with Crippen molar-refractivity contribution in [2.75, 3.05) is 0 Å². The van der Waals surface area contributed by atoms with Gasteiger partial charge in [-0.05, 0) is 12.5 Å². The molecule has 1 aromatic heterocycles. The van der Waals surface area contributed by atoms with E-state index in [1.54, 1.807) is 0 Å². The fourth-order valence-corrected chi connectivity index (χ4v) is 1.89. The zero-order valence-electron chi connectivity index (χ0n) is 9.35. The summed E-state index contributed by atoms with van der Waals surface area (Å²) in [6, 6.07) is 8.01. The Labute approximate surface area is 95.2 Å². The zero-order chi connectivity index (χ0) is 11.5. The Balaban J connectivity index is 2.41. The molecule has 3 nitrogen and oxygen atoms in total. The molecule has 0 aliphatic rings. The van der Waals surface area contributed by atoms with E-state index in [1.807, 2.05) is 36.0 Å². The molecular weight excluding hydrogens is 198 g/mol. The van der Waals surface area contributed by atoms with Gasteiger partial charge in [0, 0.05) is 18.9 Å². The Bertz CT molecular complexity index is 534. The van der Waals surface area contributed by atoms with E-state index in [0.717, 1.165) is 23.0 Å². The number of aromatic nitrogens is 2. The van der Waals surface area contributed by atoms with Gasteiger partial charge in [0.2, 0.25) is 0 Å². The Kier molecular flexibility index (Phi) is 2.93. The van der Waals surface area contributed by atoms with Crippen molar-refractivity contribution in [3.63, 3.8) is 0 Å². The van der Waals surface area contributed by atoms with Gasteiger partial charge in [-0.15, -0.1) is 12.3 Å². The molecule has 0 saturated carbocycles. The number of hydrogen-bond donors (Lipinski definition) is 1. The first-order valence-electron chi connectivity index (χ1n) is 5.34. The molecule has 0 aliphatic carbocycles. The molecule has 0 radical (unpaired) electrons. The average molecular weight is 213 g/mol. The van der Waals surface area contributed by atoms with Crippen molar-refractivity contribution < 1.29 is 0 Å². The van der Waals surface area contributed by atoms with Crippen LogP contribution in [0.15, 0.2) is 24.3 Å². The van der Waals surface area contributed by atoms with Crippen molar-refractivity contribution in [3.8, 4) is 12.3 Å². The van der Waals surface area contributed by atoms with Crippen molar-refractivity contribution in [1.29, 1.82) is 0 Å². The molecule has 0 bridgehead atoms. The van der Waals surface area contributed by atoms with Gasteiger partial charge >= 0.3 is 0 Å². The van der Waals surface area contributed by atoms with E-state index in [0.29, 0.717) is 6.42 Å². The van der Waals surface area contributed by atoms with Gasteiger partial charge in [0.25, 0.3) is 0 Å². The zero-order valence-corrected chi connectivity index (χ0v) is 9.35. The Morgan fingerprint density at radius 3 is 3.00 bits per heavy atom. The first-order valence-corrected chi connectivity index (χ1v) is 5.34. The predicted molar refractivity (Wildman–Crippen MR) is 65.7 cm³/mol. The Morgan fingerprint density at radius 1 is 1.50 bits per heavy atom. The van der Waals surface area contributed by atoms with Crippen molar-refractivity contribution in [1.82, 2.24) is 9.78 Å². The normalized spacial score (nSPS) is 12.6. The summed E-state index contributed by atoms with van der Waals surface area (Å²) in [6.45, 7) is 0. The van der Waals surface area contributed by atoms with Crippen LogP contribution in [-0.2, 0) is 7.05 Å². The van der Waals surface area contributed by atoms with Crippen LogP contribution in [0.5, 0.6) is 0 Å². The van der Waals surface area contributed by atoms with E-state index in [2.05, 4.69) is 11.0 Å². The molecule has 16 heavy (non-hydrogen) atoms. The summed E-state index contributed by atoms with van der Waals surface area (Å²) >= 11 is 0. The molecule has 3 heteroatoms. The lowest BCUT2D eigenvalue weighted by atomic mass is 10.1. The maximum absolute atomic E-state index is 6.09. The summed E-state index contributed by atoms with van der Waals surface area (Å²) in [5.41, 5.74) is 8.13. The van der Waals surface area contributed by atoms with E-state index in [9.17, 15) is 0 Å². The van der Waals surface area contributed by atoms with E-state index in [-0.39, 0.29) is 6.04 Å². The third-order valence-corrected chi connectivity index (χ3v) is 2.74. The van der Waals surface area contributed by atoms with Gasteiger partial charge in [0.1, 0.15) is 0 Å². The molecule has 1 unspecified atom stereocenters. The summed E-state index contributed by atoms with van der Waals surface area (Å²) in [5.74, 6) is 2.61. The summed E-state index contributed by atoms with van der Waals surface area (Å²) in [4.78, 5) is 0. The minimum Gasteiger partial charge on any atom is -0.323 e. The van der Waals surface area contributed by atoms with Gasteiger partial charge < -0.3 is 5.73 Å². The number of aryl methyl sites for hydroxylation is 1. The molecule has 1 aromatic carbocycles. The van der Waals surface area contributed by atoms with Gasteiger partial charge in [-0.2, -0.15) is 5.10 Å². The largest absolute Gasteiger partial charge is 0.323 e. The van der Waals surface area contributed by atoms with Crippen LogP contribution in [-0.4, -0.2) is 9.78 Å². The molecule has 0 fully saturated rings. The van der Waals surface area contributed by atoms with E-state index < -0.39 is 0 Å². The molecule has 0 aliphatic heterocycles. The van der Waals surface area contributed by atoms with Crippen LogP contribution in [0.2, 0.25) is 0 Å². The highest BCUT2D eigenvalue weighted by Gasteiger charge is 2.14. The maximum atomic E-state index is 6.09. The fraction of sp³-hybridized carbons (Fsp3) is 0.308. The average Bonchev–Trinajstić information content (AvgIpc) is 2.65. The highest BCUT2D eigenvalue weighted by molar-refractivity contribution is 5.82. The van der Waals surface area contributed by atoms with Crippen molar-refractivity contribution >= 4 is 10.9 Å². The van der Waals surface area contributed by atoms with Crippen molar-refractivity contribution in [3.05, 3.63) is 30.0 Å². The molecule has 0 saturated heterocycles. The summed E-state index contributed by atoms with van der Waals surface area (Å²) in [5, 5.41) is 5.59. The number of nitrogens with zero attached hydrogens (tertiary/aromatic N) is 2. The summed E-state index contributed by atoms with van der Waals surface area (Å²) < 4.78 is 1.86. The third-order valence-electron chi connectivity index (χ3n) is 2.74. The number of nitrogens with two attached hydrogens (primary N) is 1. The molecular formula is C13H15N3. The monoisotopic (exact) mass is 213 g/mol. The first kappa shape index (κ1) is 10.7. The Morgan fingerprint density at radius 2 is 2.25 bits per heavy atom. The quantitative estimate of drug-likeness (QED) is 0.792. The molecule has 2 rings (SSSR count). The van der Waals surface area contributed by atoms with Crippen LogP contribution < -0.4 is 5.73 Å². The highest BCUT2D eigenvalue weighted by atomic mass is 15.3. The van der Waals surface area contributed by atoms with Crippen molar-refractivity contribution in [2.45, 2.75) is 18.9 Å². The number of para-hydroxylation sites is 1. The first-order chi connectivity index (χ1) is 7.74. The lowest BCUT2D eigenvalue weighted by molar-refractivity contribution is 0.629. The highest BCUT2D eigenvalue weighted by Crippen LogP contribution is 2.24. The maximum Gasteiger partial charge on any atom is 0.0870 e. The number of hydrogen-bond acceptors (Lipinski definition) is 2. The number of fused-ring (bicyclic) bond motifs is 1. The second-order valence-electron chi connectivity index (χ2n) is 3.88. The molecule has 1 atom stereocenters. The lowest BCUT2D eigenvalue weighted by Gasteiger charge is -2.06. The van der Waals surface area contributed by atoms with E-state index >= 15 is 0 Å². The second-order valence-corrected chi connectivity index (χ2v) is 3.88. The van der Waals surface area contributed by atoms with E-state index in [1.165, 1.54) is 0 Å². The van der Waals surface area contributed by atoms with Gasteiger partial charge in [0.05, 0.1) is 17.3 Å². The minimum absolute atomic E-state index is 0.0813. The smallest absolute Gasteiger partial charge is 0.0870 e. The number of rotatable bonds is 3. The van der Waals surface area contributed by atoms with Gasteiger partial charge in [-0.25, -0.2) is 0 Å². The fourth-order valence-electron chi connectivity index (χ4n) is 1.89. The van der Waals surface area contributed by atoms with Gasteiger partial charge in [0.15, 0.2) is 0 Å². The topological polar surface area (TPSA) is 43.8 Å². The van der Waals surface area contributed by atoms with Gasteiger partial charge in [-0.3, -0.25) is 4.68 Å². The van der Waals surface area contributed by atoms with Crippen molar-refractivity contribution in [2.24, 2.45) is 12.8 Å². The van der Waals surface area contributed by atoms with Crippen LogP contribution in [0.4, 0.5) is 0 Å². The molecule has 1 heterocycles. The van der Waals surface area contributed by atoms with Crippen LogP contribution in [0.3, 0.4) is 0 Å². The summed E-state index contributed by atoms with van der Waals surface area (Å²) in [6.07, 6.45) is 6.70. The second kappa shape index (κ2) is 4.38. The summed E-state index contributed by atoms with van der Waals surface area (Å²) in [7, 11) is 1.93.